The Kier molecular flexibility index (Phi) is 10.5. The second-order valence-corrected chi connectivity index (χ2v) is 12.4. The third kappa shape index (κ3) is 8.83. The summed E-state index contributed by atoms with van der Waals surface area (Å²) in [6, 6.07) is 22.8. The van der Waals surface area contributed by atoms with Gasteiger partial charge in [-0.1, -0.05) is 86.1 Å². The van der Waals surface area contributed by atoms with E-state index in [0.29, 0.717) is 22.8 Å². The first-order chi connectivity index (χ1) is 18.5. The molecule has 0 fully saturated rings. The lowest BCUT2D eigenvalue weighted by atomic mass is 10.0. The molecule has 0 radical (unpaired) electrons. The van der Waals surface area contributed by atoms with E-state index in [-0.39, 0.29) is 24.8 Å². The Hall–Kier alpha value is -3.36. The molecule has 1 N–H and O–H groups in total. The number of halogens is 1. The first kappa shape index (κ1) is 30.2. The number of anilines is 1. The van der Waals surface area contributed by atoms with E-state index in [2.05, 4.69) is 5.32 Å². The molecule has 1 atom stereocenters. The summed E-state index contributed by atoms with van der Waals surface area (Å²) in [5.74, 6) is -0.553. The molecule has 3 aromatic carbocycles. The number of nitrogens with zero attached hydrogens (tertiary/aromatic N) is 2. The first-order valence-corrected chi connectivity index (χ1v) is 15.1. The molecule has 0 saturated carbocycles. The van der Waals surface area contributed by atoms with Crippen LogP contribution in [0.25, 0.3) is 0 Å². The van der Waals surface area contributed by atoms with Gasteiger partial charge < -0.3 is 10.2 Å². The number of nitrogens with one attached hydrogen (secondary N) is 1. The van der Waals surface area contributed by atoms with Crippen molar-refractivity contribution in [1.29, 1.82) is 0 Å². The van der Waals surface area contributed by atoms with Crippen molar-refractivity contribution < 1.29 is 18.0 Å². The van der Waals surface area contributed by atoms with E-state index in [1.54, 1.807) is 25.1 Å². The van der Waals surface area contributed by atoms with Gasteiger partial charge in [-0.15, -0.1) is 0 Å². The third-order valence-corrected chi connectivity index (χ3v) is 7.62. The minimum Gasteiger partial charge on any atom is -0.354 e. The molecule has 9 heteroatoms. The largest absolute Gasteiger partial charge is 0.354 e. The van der Waals surface area contributed by atoms with E-state index in [0.717, 1.165) is 21.7 Å². The molecule has 7 nitrogen and oxygen atoms in total. The van der Waals surface area contributed by atoms with Crippen LogP contribution >= 0.6 is 11.6 Å². The first-order valence-electron chi connectivity index (χ1n) is 12.8. The molecule has 2 amide bonds. The van der Waals surface area contributed by atoms with Crippen molar-refractivity contribution in [2.75, 3.05) is 23.7 Å². The predicted octanol–water partition coefficient (Wildman–Crippen LogP) is 4.83. The molecule has 0 bridgehead atoms. The van der Waals surface area contributed by atoms with Crippen LogP contribution < -0.4 is 9.62 Å². The highest BCUT2D eigenvalue weighted by atomic mass is 35.5. The Morgan fingerprint density at radius 1 is 0.923 bits per heavy atom. The number of hydrogen-bond donors (Lipinski definition) is 1. The number of sulfonamides is 1. The molecule has 3 rings (SSSR count). The zero-order valence-corrected chi connectivity index (χ0v) is 24.4. The molecule has 208 valence electrons. The van der Waals surface area contributed by atoms with Crippen LogP contribution in [0.4, 0.5) is 5.69 Å². The average Bonchev–Trinajstić information content (AvgIpc) is 2.88. The average molecular weight is 570 g/mol. The topological polar surface area (TPSA) is 86.8 Å². The van der Waals surface area contributed by atoms with Crippen LogP contribution in [0.3, 0.4) is 0 Å². The van der Waals surface area contributed by atoms with Gasteiger partial charge in [0.05, 0.1) is 11.9 Å². The SMILES string of the molecule is Cc1cc(Cl)ccc1N(CC(=O)N(Cc1ccccc1)[C@H](Cc1ccccc1)C(=O)NCC(C)C)S(C)(=O)=O. The van der Waals surface area contributed by atoms with Crippen molar-refractivity contribution in [2.45, 2.75) is 39.8 Å². The maximum absolute atomic E-state index is 14.0. The van der Waals surface area contributed by atoms with Crippen molar-refractivity contribution in [3.63, 3.8) is 0 Å². The second-order valence-electron chi connectivity index (χ2n) is 10.1. The van der Waals surface area contributed by atoms with Gasteiger partial charge in [0.25, 0.3) is 0 Å². The van der Waals surface area contributed by atoms with Crippen LogP contribution in [0.2, 0.25) is 5.02 Å². The number of hydrogen-bond acceptors (Lipinski definition) is 4. The van der Waals surface area contributed by atoms with Crippen molar-refractivity contribution >= 4 is 39.1 Å². The summed E-state index contributed by atoms with van der Waals surface area (Å²) in [4.78, 5) is 29.1. The lowest BCUT2D eigenvalue weighted by Crippen LogP contribution is -2.53. The standard InChI is InChI=1S/C30H36ClN3O4S/c1-22(2)19-32-30(36)28(18-24-11-7-5-8-12-24)33(20-25-13-9-6-10-14-25)29(35)21-34(39(4,37)38)27-16-15-26(31)17-23(27)3/h5-17,22,28H,18-21H2,1-4H3,(H,32,36)/t28-/m1/s1. The van der Waals surface area contributed by atoms with Gasteiger partial charge in [-0.2, -0.15) is 0 Å². The number of rotatable bonds is 12. The molecule has 0 aliphatic heterocycles. The van der Waals surface area contributed by atoms with Crippen LogP contribution in [0, 0.1) is 12.8 Å². The molecule has 0 heterocycles. The van der Waals surface area contributed by atoms with Gasteiger partial charge >= 0.3 is 0 Å². The summed E-state index contributed by atoms with van der Waals surface area (Å²) < 4.78 is 26.9. The minimum atomic E-state index is -3.84. The fourth-order valence-corrected chi connectivity index (χ4v) is 5.38. The Balaban J connectivity index is 2.04. The summed E-state index contributed by atoms with van der Waals surface area (Å²) >= 11 is 6.10. The maximum atomic E-state index is 14.0. The zero-order chi connectivity index (χ0) is 28.6. The van der Waals surface area contributed by atoms with Crippen LogP contribution in [0.15, 0.2) is 78.9 Å². The molecule has 0 aliphatic carbocycles. The highest BCUT2D eigenvalue weighted by Gasteiger charge is 2.33. The van der Waals surface area contributed by atoms with Crippen molar-refractivity contribution in [2.24, 2.45) is 5.92 Å². The summed E-state index contributed by atoms with van der Waals surface area (Å²) in [5.41, 5.74) is 2.69. The number of aryl methyl sites for hydroxylation is 1. The third-order valence-electron chi connectivity index (χ3n) is 6.26. The lowest BCUT2D eigenvalue weighted by molar-refractivity contribution is -0.140. The van der Waals surface area contributed by atoms with Crippen LogP contribution in [0.1, 0.15) is 30.5 Å². The van der Waals surface area contributed by atoms with E-state index in [1.165, 1.54) is 4.90 Å². The van der Waals surface area contributed by atoms with Crippen molar-refractivity contribution in [3.8, 4) is 0 Å². The van der Waals surface area contributed by atoms with Crippen LogP contribution in [-0.2, 0) is 32.6 Å². The number of amides is 2. The maximum Gasteiger partial charge on any atom is 0.244 e. The Morgan fingerprint density at radius 3 is 2.05 bits per heavy atom. The summed E-state index contributed by atoms with van der Waals surface area (Å²) in [7, 11) is -3.84. The van der Waals surface area contributed by atoms with E-state index in [4.69, 9.17) is 11.6 Å². The van der Waals surface area contributed by atoms with E-state index < -0.39 is 28.5 Å². The molecule has 0 unspecified atom stereocenters. The normalized spacial score (nSPS) is 12.2. The molecule has 0 saturated heterocycles. The zero-order valence-electron chi connectivity index (χ0n) is 22.8. The van der Waals surface area contributed by atoms with Gasteiger partial charge in [0.15, 0.2) is 0 Å². The molecule has 39 heavy (non-hydrogen) atoms. The molecule has 0 spiro atoms. The van der Waals surface area contributed by atoms with Crippen molar-refractivity contribution in [3.05, 3.63) is 101 Å². The number of carbonyl (C=O) groups is 2. The van der Waals surface area contributed by atoms with Gasteiger partial charge in [0.2, 0.25) is 21.8 Å². The quantitative estimate of drug-likeness (QED) is 0.338. The highest BCUT2D eigenvalue weighted by Crippen LogP contribution is 2.26. The van der Waals surface area contributed by atoms with Gasteiger partial charge in [-0.3, -0.25) is 13.9 Å². The molecule has 0 aliphatic rings. The second kappa shape index (κ2) is 13.6. The number of carbonyl (C=O) groups excluding carboxylic acids is 2. The van der Waals surface area contributed by atoms with Crippen LogP contribution in [0.5, 0.6) is 0 Å². The van der Waals surface area contributed by atoms with Gasteiger partial charge in [0, 0.05) is 24.5 Å². The Labute approximate surface area is 236 Å². The molecule has 3 aromatic rings. The highest BCUT2D eigenvalue weighted by molar-refractivity contribution is 7.92. The Morgan fingerprint density at radius 2 is 1.51 bits per heavy atom. The monoisotopic (exact) mass is 569 g/mol. The van der Waals surface area contributed by atoms with Crippen LogP contribution in [-0.4, -0.2) is 50.5 Å². The minimum absolute atomic E-state index is 0.142. The summed E-state index contributed by atoms with van der Waals surface area (Å²) in [6.07, 6.45) is 1.34. The Bertz CT molecular complexity index is 1370. The lowest BCUT2D eigenvalue weighted by Gasteiger charge is -2.34. The smallest absolute Gasteiger partial charge is 0.244 e. The van der Waals surface area contributed by atoms with E-state index >= 15 is 0 Å². The van der Waals surface area contributed by atoms with Gasteiger partial charge in [0.1, 0.15) is 12.6 Å². The molecule has 0 aromatic heterocycles. The summed E-state index contributed by atoms with van der Waals surface area (Å²) in [6.45, 7) is 5.87. The fourth-order valence-electron chi connectivity index (χ4n) is 4.25. The van der Waals surface area contributed by atoms with Gasteiger partial charge in [-0.25, -0.2) is 8.42 Å². The molecular weight excluding hydrogens is 534 g/mol. The van der Waals surface area contributed by atoms with E-state index in [1.807, 2.05) is 74.5 Å². The van der Waals surface area contributed by atoms with E-state index in [9.17, 15) is 18.0 Å². The van der Waals surface area contributed by atoms with Gasteiger partial charge in [-0.05, 0) is 47.7 Å². The summed E-state index contributed by atoms with van der Waals surface area (Å²) in [5, 5.41) is 3.44. The fraction of sp³-hybridized carbons (Fsp3) is 0.333. The van der Waals surface area contributed by atoms with Crippen molar-refractivity contribution in [1.82, 2.24) is 10.2 Å². The predicted molar refractivity (Wildman–Crippen MR) is 157 cm³/mol. The number of benzene rings is 3. The molecular formula is C30H36ClN3O4S.